The zero-order valence-electron chi connectivity index (χ0n) is 19.9. The van der Waals surface area contributed by atoms with Gasteiger partial charge in [0.1, 0.15) is 0 Å². The molecule has 0 saturated heterocycles. The van der Waals surface area contributed by atoms with Gasteiger partial charge in [-0.15, -0.1) is 11.6 Å². The molecule has 1 amide bonds. The molecule has 2 heterocycles. The van der Waals surface area contributed by atoms with E-state index >= 15 is 0 Å². The Labute approximate surface area is 214 Å². The third-order valence-electron chi connectivity index (χ3n) is 5.48. The molecule has 0 fully saturated rings. The largest absolute Gasteiger partial charge is 0.327 e. The molecule has 36 heavy (non-hydrogen) atoms. The molecule has 2 aromatic heterocycles. The average Bonchev–Trinajstić information content (AvgIpc) is 2.89. The van der Waals surface area contributed by atoms with Gasteiger partial charge in [-0.1, -0.05) is 56.0 Å². The van der Waals surface area contributed by atoms with Gasteiger partial charge in [-0.3, -0.25) is 14.2 Å². The lowest BCUT2D eigenvalue weighted by Gasteiger charge is -2.15. The molecule has 2 aromatic carbocycles. The van der Waals surface area contributed by atoms with Crippen molar-refractivity contribution in [1.82, 2.24) is 14.5 Å². The summed E-state index contributed by atoms with van der Waals surface area (Å²) in [5.74, 6) is 0.276. The Kier molecular flexibility index (Phi) is 7.92. The lowest BCUT2D eigenvalue weighted by molar-refractivity contribution is -0.111. The number of hydrogen-bond donors (Lipinski definition) is 2. The number of anilines is 2. The van der Waals surface area contributed by atoms with E-state index in [1.165, 1.54) is 6.08 Å². The number of benzene rings is 2. The summed E-state index contributed by atoms with van der Waals surface area (Å²) >= 11 is 6.05. The van der Waals surface area contributed by atoms with Crippen LogP contribution in [-0.4, -0.2) is 26.3 Å². The molecule has 0 aliphatic heterocycles. The number of aromatic nitrogens is 3. The van der Waals surface area contributed by atoms with Crippen molar-refractivity contribution in [3.8, 4) is 5.69 Å². The van der Waals surface area contributed by atoms with Crippen molar-refractivity contribution in [3.05, 3.63) is 113 Å². The zero-order valence-corrected chi connectivity index (χ0v) is 20.6. The predicted octanol–water partition coefficient (Wildman–Crippen LogP) is 5.44. The number of carbonyl (C=O) groups is 1. The second-order valence-electron chi connectivity index (χ2n) is 8.09. The van der Waals surface area contributed by atoms with Crippen molar-refractivity contribution < 1.29 is 4.79 Å². The number of carbonyl (C=O) groups excluding carboxylic acids is 1. The third-order valence-corrected chi connectivity index (χ3v) is 5.76. The molecule has 0 bridgehead atoms. The van der Waals surface area contributed by atoms with Crippen LogP contribution in [-0.2, 0) is 11.2 Å². The van der Waals surface area contributed by atoms with Crippen molar-refractivity contribution in [1.29, 1.82) is 0 Å². The van der Waals surface area contributed by atoms with Crippen LogP contribution in [0.4, 0.5) is 11.6 Å². The molecule has 7 nitrogen and oxygen atoms in total. The average molecular weight is 500 g/mol. The standard InChI is InChI=1S/C28H26ClN5O2/c1-3-9-23(17-29)32-28-30-18-21-15-20(14-19-10-6-5-7-11-19)27(36)34(26(21)33-28)24-13-8-12-22(16-24)31-25(35)4-2/h4-13,15-16,18H,2-3,14,17H2,1H3,(H,31,35)(H,30,32,33)/b23-9+. The fourth-order valence-corrected chi connectivity index (χ4v) is 4.02. The van der Waals surface area contributed by atoms with Crippen molar-refractivity contribution in [2.24, 2.45) is 0 Å². The van der Waals surface area contributed by atoms with Crippen molar-refractivity contribution >= 4 is 40.2 Å². The summed E-state index contributed by atoms with van der Waals surface area (Å²) in [4.78, 5) is 34.8. The molecule has 0 atom stereocenters. The van der Waals surface area contributed by atoms with E-state index in [-0.39, 0.29) is 17.3 Å². The SMILES string of the molecule is C=CC(=O)Nc1cccc(-n2c(=O)c(Cc3ccccc3)cc3cnc(N/C(=C/CC)CCl)nc32)c1. The molecule has 0 aliphatic carbocycles. The van der Waals surface area contributed by atoms with Gasteiger partial charge in [0.05, 0.1) is 11.6 Å². The number of nitrogens with zero attached hydrogens (tertiary/aromatic N) is 3. The van der Waals surface area contributed by atoms with Crippen LogP contribution in [0.1, 0.15) is 24.5 Å². The fourth-order valence-electron chi connectivity index (χ4n) is 3.84. The zero-order chi connectivity index (χ0) is 25.5. The van der Waals surface area contributed by atoms with Gasteiger partial charge in [0.15, 0.2) is 5.65 Å². The molecule has 0 spiro atoms. The molecule has 4 aromatic rings. The second-order valence-corrected chi connectivity index (χ2v) is 8.35. The lowest BCUT2D eigenvalue weighted by Crippen LogP contribution is -2.24. The third kappa shape index (κ3) is 5.70. The van der Waals surface area contributed by atoms with Crippen LogP contribution >= 0.6 is 11.6 Å². The van der Waals surface area contributed by atoms with Gasteiger partial charge in [0.25, 0.3) is 5.56 Å². The van der Waals surface area contributed by atoms with Crippen molar-refractivity contribution in [2.75, 3.05) is 16.5 Å². The van der Waals surface area contributed by atoms with Crippen LogP contribution in [0.25, 0.3) is 16.7 Å². The van der Waals surface area contributed by atoms with Crippen LogP contribution in [0, 0.1) is 0 Å². The second kappa shape index (κ2) is 11.5. The summed E-state index contributed by atoms with van der Waals surface area (Å²) in [6.07, 6.45) is 6.11. The molecule has 0 saturated carbocycles. The Hall–Kier alpha value is -4.23. The summed E-state index contributed by atoms with van der Waals surface area (Å²) in [6, 6.07) is 18.7. The maximum absolute atomic E-state index is 13.8. The maximum Gasteiger partial charge on any atom is 0.260 e. The minimum atomic E-state index is -0.340. The van der Waals surface area contributed by atoms with Crippen LogP contribution in [0.2, 0.25) is 0 Å². The molecule has 0 aliphatic rings. The van der Waals surface area contributed by atoms with Crippen LogP contribution < -0.4 is 16.2 Å². The predicted molar refractivity (Wildman–Crippen MR) is 146 cm³/mol. The number of hydrogen-bond acceptors (Lipinski definition) is 5. The topological polar surface area (TPSA) is 88.9 Å². The van der Waals surface area contributed by atoms with E-state index < -0.39 is 0 Å². The number of nitrogens with one attached hydrogen (secondary N) is 2. The highest BCUT2D eigenvalue weighted by Crippen LogP contribution is 2.21. The van der Waals surface area contributed by atoms with Crippen LogP contribution in [0.5, 0.6) is 0 Å². The molecule has 2 N–H and O–H groups in total. The molecule has 8 heteroatoms. The molecular formula is C28H26ClN5O2. The first-order chi connectivity index (χ1) is 17.5. The fraction of sp³-hybridized carbons (Fsp3) is 0.143. The van der Waals surface area contributed by atoms with E-state index in [2.05, 4.69) is 27.2 Å². The molecule has 0 radical (unpaired) electrons. The minimum absolute atomic E-state index is 0.204. The summed E-state index contributed by atoms with van der Waals surface area (Å²) in [6.45, 7) is 5.51. The summed E-state index contributed by atoms with van der Waals surface area (Å²) in [5, 5.41) is 6.59. The van der Waals surface area contributed by atoms with Gasteiger partial charge in [0, 0.05) is 35.0 Å². The summed E-state index contributed by atoms with van der Waals surface area (Å²) in [5.41, 5.74) is 3.73. The first kappa shape index (κ1) is 24.9. The number of pyridine rings is 1. The molecule has 182 valence electrons. The number of alkyl halides is 1. The number of rotatable bonds is 9. The van der Waals surface area contributed by atoms with Gasteiger partial charge in [-0.25, -0.2) is 4.98 Å². The van der Waals surface area contributed by atoms with E-state index in [0.717, 1.165) is 17.7 Å². The van der Waals surface area contributed by atoms with E-state index in [1.54, 1.807) is 35.0 Å². The first-order valence-electron chi connectivity index (χ1n) is 11.5. The summed E-state index contributed by atoms with van der Waals surface area (Å²) in [7, 11) is 0. The Morgan fingerprint density at radius 1 is 1.11 bits per heavy atom. The van der Waals surface area contributed by atoms with E-state index in [9.17, 15) is 9.59 Å². The van der Waals surface area contributed by atoms with E-state index in [4.69, 9.17) is 11.6 Å². The Morgan fingerprint density at radius 3 is 2.64 bits per heavy atom. The molecule has 0 unspecified atom stereocenters. The Morgan fingerprint density at radius 2 is 1.92 bits per heavy atom. The van der Waals surface area contributed by atoms with Gasteiger partial charge in [-0.05, 0) is 42.3 Å². The number of amides is 1. The normalized spacial score (nSPS) is 11.3. The molecular weight excluding hydrogens is 474 g/mol. The highest BCUT2D eigenvalue weighted by molar-refractivity contribution is 6.19. The quantitative estimate of drug-likeness (QED) is 0.236. The monoisotopic (exact) mass is 499 g/mol. The molecule has 4 rings (SSSR count). The van der Waals surface area contributed by atoms with Gasteiger partial charge in [-0.2, -0.15) is 4.98 Å². The van der Waals surface area contributed by atoms with Gasteiger partial charge < -0.3 is 10.6 Å². The highest BCUT2D eigenvalue weighted by atomic mass is 35.5. The van der Waals surface area contributed by atoms with Crippen molar-refractivity contribution in [3.63, 3.8) is 0 Å². The van der Waals surface area contributed by atoms with E-state index in [0.29, 0.717) is 40.3 Å². The van der Waals surface area contributed by atoms with Crippen LogP contribution in [0.15, 0.2) is 96.1 Å². The number of fused-ring (bicyclic) bond motifs is 1. The van der Waals surface area contributed by atoms with Crippen molar-refractivity contribution in [2.45, 2.75) is 19.8 Å². The van der Waals surface area contributed by atoms with Crippen LogP contribution in [0.3, 0.4) is 0 Å². The Bertz CT molecular complexity index is 1500. The summed E-state index contributed by atoms with van der Waals surface area (Å²) < 4.78 is 1.55. The van der Waals surface area contributed by atoms with E-state index in [1.807, 2.05) is 49.4 Å². The van der Waals surface area contributed by atoms with Gasteiger partial charge in [0.2, 0.25) is 11.9 Å². The Balaban J connectivity index is 1.90. The lowest BCUT2D eigenvalue weighted by atomic mass is 10.1. The van der Waals surface area contributed by atoms with Gasteiger partial charge >= 0.3 is 0 Å². The number of halogens is 1. The minimum Gasteiger partial charge on any atom is -0.327 e. The highest BCUT2D eigenvalue weighted by Gasteiger charge is 2.15. The maximum atomic E-state index is 13.8. The number of allylic oxidation sites excluding steroid dienone is 2. The first-order valence-corrected chi connectivity index (χ1v) is 12.1. The smallest absolute Gasteiger partial charge is 0.260 e.